The molecule has 0 aliphatic heterocycles. The molecular weight excluding hydrogens is 185 g/mol. The van der Waals surface area contributed by atoms with Crippen LogP contribution in [-0.4, -0.2) is 12.2 Å². The van der Waals surface area contributed by atoms with E-state index in [2.05, 4.69) is 5.32 Å². The lowest BCUT2D eigenvalue weighted by Crippen LogP contribution is -2.11. The quantitative estimate of drug-likeness (QED) is 0.744. The molecular formula is C10H10FNO2. The molecule has 1 aromatic rings. The Hall–Kier alpha value is -1.71. The lowest BCUT2D eigenvalue weighted by atomic mass is 10.3. The van der Waals surface area contributed by atoms with Crippen molar-refractivity contribution in [2.24, 2.45) is 0 Å². The summed E-state index contributed by atoms with van der Waals surface area (Å²) in [5.74, 6) is -0.598. The van der Waals surface area contributed by atoms with Crippen LogP contribution in [0, 0.1) is 5.82 Å². The van der Waals surface area contributed by atoms with Crippen molar-refractivity contribution in [3.05, 3.63) is 30.1 Å². The van der Waals surface area contributed by atoms with Crippen LogP contribution in [0.15, 0.2) is 24.3 Å². The van der Waals surface area contributed by atoms with E-state index in [0.717, 1.165) is 0 Å². The Balaban J connectivity index is 2.47. The second kappa shape index (κ2) is 5.11. The fourth-order valence-electron chi connectivity index (χ4n) is 0.947. The predicted molar refractivity (Wildman–Crippen MR) is 50.3 cm³/mol. The van der Waals surface area contributed by atoms with Gasteiger partial charge in [-0.1, -0.05) is 0 Å². The van der Waals surface area contributed by atoms with E-state index in [1.807, 2.05) is 0 Å². The second-order valence-corrected chi connectivity index (χ2v) is 2.76. The van der Waals surface area contributed by atoms with Gasteiger partial charge in [0, 0.05) is 18.5 Å². The van der Waals surface area contributed by atoms with Crippen LogP contribution in [-0.2, 0) is 9.59 Å². The van der Waals surface area contributed by atoms with Crippen molar-refractivity contribution in [3.63, 3.8) is 0 Å². The summed E-state index contributed by atoms with van der Waals surface area (Å²) >= 11 is 0. The molecule has 0 radical (unpaired) electrons. The number of carbonyl (C=O) groups is 2. The highest BCUT2D eigenvalue weighted by Gasteiger charge is 2.01. The lowest BCUT2D eigenvalue weighted by molar-refractivity contribution is -0.118. The van der Waals surface area contributed by atoms with Gasteiger partial charge in [0.25, 0.3) is 0 Å². The minimum atomic E-state index is -0.351. The molecule has 0 unspecified atom stereocenters. The number of hydrogen-bond donors (Lipinski definition) is 1. The molecule has 0 aliphatic rings. The van der Waals surface area contributed by atoms with Crippen LogP contribution < -0.4 is 5.32 Å². The second-order valence-electron chi connectivity index (χ2n) is 2.76. The highest BCUT2D eigenvalue weighted by atomic mass is 19.1. The molecule has 0 saturated heterocycles. The predicted octanol–water partition coefficient (Wildman–Crippen LogP) is 1.74. The maximum atomic E-state index is 12.5. The minimum Gasteiger partial charge on any atom is -0.326 e. The van der Waals surface area contributed by atoms with Gasteiger partial charge in [-0.15, -0.1) is 0 Å². The summed E-state index contributed by atoms with van der Waals surface area (Å²) in [6, 6.07) is 5.45. The summed E-state index contributed by atoms with van der Waals surface area (Å²) in [6.45, 7) is 0. The van der Waals surface area contributed by atoms with E-state index < -0.39 is 0 Å². The summed E-state index contributed by atoms with van der Waals surface area (Å²) in [5, 5.41) is 2.54. The van der Waals surface area contributed by atoms with Crippen molar-refractivity contribution in [2.45, 2.75) is 12.8 Å². The van der Waals surface area contributed by atoms with Gasteiger partial charge in [-0.05, 0) is 24.3 Å². The number of benzene rings is 1. The Bertz CT molecular complexity index is 321. The van der Waals surface area contributed by atoms with Crippen LogP contribution >= 0.6 is 0 Å². The molecule has 3 nitrogen and oxygen atoms in total. The smallest absolute Gasteiger partial charge is 0.224 e. The van der Waals surface area contributed by atoms with Gasteiger partial charge in [-0.2, -0.15) is 0 Å². The first kappa shape index (κ1) is 10.4. The summed E-state index contributed by atoms with van der Waals surface area (Å²) in [6.07, 6.45) is 1.04. The largest absolute Gasteiger partial charge is 0.326 e. The molecule has 0 fully saturated rings. The highest BCUT2D eigenvalue weighted by molar-refractivity contribution is 5.91. The Morgan fingerprint density at radius 2 is 2.00 bits per heavy atom. The molecule has 0 aliphatic carbocycles. The number of anilines is 1. The van der Waals surface area contributed by atoms with Crippen molar-refractivity contribution >= 4 is 17.9 Å². The topological polar surface area (TPSA) is 46.2 Å². The maximum Gasteiger partial charge on any atom is 0.224 e. The first-order valence-electron chi connectivity index (χ1n) is 4.21. The first-order chi connectivity index (χ1) is 6.72. The van der Waals surface area contributed by atoms with Gasteiger partial charge in [0.2, 0.25) is 5.91 Å². The summed E-state index contributed by atoms with van der Waals surface area (Å²) in [5.41, 5.74) is 0.530. The number of halogens is 1. The summed E-state index contributed by atoms with van der Waals surface area (Å²) in [7, 11) is 0. The van der Waals surface area contributed by atoms with E-state index in [1.165, 1.54) is 24.3 Å². The number of carbonyl (C=O) groups excluding carboxylic acids is 2. The van der Waals surface area contributed by atoms with Crippen LogP contribution in [0.2, 0.25) is 0 Å². The highest BCUT2D eigenvalue weighted by Crippen LogP contribution is 2.08. The lowest BCUT2D eigenvalue weighted by Gasteiger charge is -2.02. The fourth-order valence-corrected chi connectivity index (χ4v) is 0.947. The molecule has 1 amide bonds. The van der Waals surface area contributed by atoms with E-state index in [0.29, 0.717) is 12.0 Å². The fraction of sp³-hybridized carbons (Fsp3) is 0.200. The van der Waals surface area contributed by atoms with Gasteiger partial charge in [0.15, 0.2) is 0 Å². The molecule has 4 heteroatoms. The molecule has 0 bridgehead atoms. The Morgan fingerprint density at radius 1 is 1.36 bits per heavy atom. The SMILES string of the molecule is O=CCCC(=O)Nc1ccc(F)cc1. The van der Waals surface area contributed by atoms with Crippen LogP contribution in [0.25, 0.3) is 0 Å². The molecule has 74 valence electrons. The molecule has 0 atom stereocenters. The first-order valence-corrected chi connectivity index (χ1v) is 4.21. The van der Waals surface area contributed by atoms with Crippen molar-refractivity contribution in [2.75, 3.05) is 5.32 Å². The van der Waals surface area contributed by atoms with Crippen LogP contribution in [0.5, 0.6) is 0 Å². The van der Waals surface area contributed by atoms with Crippen LogP contribution in [0.3, 0.4) is 0 Å². The number of amides is 1. The molecule has 0 spiro atoms. The Morgan fingerprint density at radius 3 is 2.57 bits per heavy atom. The number of nitrogens with one attached hydrogen (secondary N) is 1. The number of rotatable bonds is 4. The molecule has 1 aromatic carbocycles. The van der Waals surface area contributed by atoms with E-state index in [4.69, 9.17) is 0 Å². The van der Waals surface area contributed by atoms with Crippen molar-refractivity contribution < 1.29 is 14.0 Å². The number of aldehydes is 1. The Labute approximate surface area is 80.9 Å². The third kappa shape index (κ3) is 3.35. The van der Waals surface area contributed by atoms with Gasteiger partial charge in [0.05, 0.1) is 0 Å². The van der Waals surface area contributed by atoms with Gasteiger partial charge in [-0.3, -0.25) is 4.79 Å². The standard InChI is InChI=1S/C10H10FNO2/c11-8-3-5-9(6-4-8)12-10(14)2-1-7-13/h3-7H,1-2H2,(H,12,14). The third-order valence-electron chi connectivity index (χ3n) is 1.62. The van der Waals surface area contributed by atoms with Crippen LogP contribution in [0.1, 0.15) is 12.8 Å². The molecule has 1 N–H and O–H groups in total. The normalized spacial score (nSPS) is 9.50. The monoisotopic (exact) mass is 195 g/mol. The van der Waals surface area contributed by atoms with Gasteiger partial charge < -0.3 is 10.1 Å². The molecule has 0 saturated carbocycles. The maximum absolute atomic E-state index is 12.5. The van der Waals surface area contributed by atoms with Crippen molar-refractivity contribution in [1.29, 1.82) is 0 Å². The molecule has 14 heavy (non-hydrogen) atoms. The third-order valence-corrected chi connectivity index (χ3v) is 1.62. The van der Waals surface area contributed by atoms with Crippen LogP contribution in [0.4, 0.5) is 10.1 Å². The van der Waals surface area contributed by atoms with E-state index in [-0.39, 0.29) is 24.6 Å². The van der Waals surface area contributed by atoms with Gasteiger partial charge in [-0.25, -0.2) is 4.39 Å². The molecule has 1 rings (SSSR count). The van der Waals surface area contributed by atoms with E-state index in [9.17, 15) is 14.0 Å². The summed E-state index contributed by atoms with van der Waals surface area (Å²) in [4.78, 5) is 21.1. The van der Waals surface area contributed by atoms with E-state index in [1.54, 1.807) is 0 Å². The zero-order valence-corrected chi connectivity index (χ0v) is 7.50. The van der Waals surface area contributed by atoms with Crippen molar-refractivity contribution in [1.82, 2.24) is 0 Å². The van der Waals surface area contributed by atoms with Gasteiger partial charge in [0.1, 0.15) is 12.1 Å². The average molecular weight is 195 g/mol. The van der Waals surface area contributed by atoms with Crippen molar-refractivity contribution in [3.8, 4) is 0 Å². The number of hydrogen-bond acceptors (Lipinski definition) is 2. The zero-order chi connectivity index (χ0) is 10.4. The zero-order valence-electron chi connectivity index (χ0n) is 7.50. The minimum absolute atomic E-state index is 0.154. The average Bonchev–Trinajstić information content (AvgIpc) is 2.18. The van der Waals surface area contributed by atoms with Gasteiger partial charge >= 0.3 is 0 Å². The Kier molecular flexibility index (Phi) is 3.79. The van der Waals surface area contributed by atoms with E-state index >= 15 is 0 Å². The summed E-state index contributed by atoms with van der Waals surface area (Å²) < 4.78 is 12.5. The molecule has 0 aromatic heterocycles. The molecule has 0 heterocycles.